The number of carbonyl (C=O) groups is 2. The van der Waals surface area contributed by atoms with E-state index < -0.39 is 56.9 Å². The van der Waals surface area contributed by atoms with Crippen LogP contribution >= 0.6 is 34.8 Å². The summed E-state index contributed by atoms with van der Waals surface area (Å²) < 4.78 is 65.7. The Morgan fingerprint density at radius 1 is 1.06 bits per heavy atom. The summed E-state index contributed by atoms with van der Waals surface area (Å²) in [5.74, 6) is -1.36. The second kappa shape index (κ2) is 11.9. The van der Waals surface area contributed by atoms with Crippen LogP contribution in [0.4, 0.5) is 18.9 Å². The van der Waals surface area contributed by atoms with Crippen molar-refractivity contribution in [3.05, 3.63) is 62.6 Å². The zero-order valence-corrected chi connectivity index (χ0v) is 22.5. The molecule has 14 heteroatoms. The standard InChI is InChI=1S/C22H23Cl3F3N3O4S/c1-4-19(21(33)29-2)30(11-13-5-6-14(23)9-18(13)25)20(32)12-31(36(3,34)35)15-7-8-17(24)16(10-15)22(26,27)28/h5-10,19H,4,11-12H2,1-3H3,(H,29,33)/t19-/m0/s1. The lowest BCUT2D eigenvalue weighted by Crippen LogP contribution is -2.51. The second-order valence-electron chi connectivity index (χ2n) is 7.73. The fraction of sp³-hybridized carbons (Fsp3) is 0.364. The van der Waals surface area contributed by atoms with E-state index in [2.05, 4.69) is 5.32 Å². The van der Waals surface area contributed by atoms with Gasteiger partial charge >= 0.3 is 6.18 Å². The number of halogens is 6. The van der Waals surface area contributed by atoms with Gasteiger partial charge in [0.15, 0.2) is 0 Å². The summed E-state index contributed by atoms with van der Waals surface area (Å²) in [7, 11) is -2.86. The van der Waals surface area contributed by atoms with Crippen molar-refractivity contribution in [3.8, 4) is 0 Å². The Kier molecular flexibility index (Phi) is 9.91. The summed E-state index contributed by atoms with van der Waals surface area (Å²) in [6, 6.07) is 6.00. The maximum absolute atomic E-state index is 13.4. The van der Waals surface area contributed by atoms with Gasteiger partial charge in [0.05, 0.1) is 22.5 Å². The van der Waals surface area contributed by atoms with E-state index in [1.165, 1.54) is 19.2 Å². The molecule has 0 saturated heterocycles. The van der Waals surface area contributed by atoms with E-state index in [-0.39, 0.29) is 18.0 Å². The van der Waals surface area contributed by atoms with Crippen LogP contribution in [0.1, 0.15) is 24.5 Å². The molecule has 0 spiro atoms. The van der Waals surface area contributed by atoms with Crippen molar-refractivity contribution < 1.29 is 31.2 Å². The van der Waals surface area contributed by atoms with E-state index in [1.54, 1.807) is 13.0 Å². The fourth-order valence-electron chi connectivity index (χ4n) is 3.42. The number of nitrogens with one attached hydrogen (secondary N) is 1. The molecule has 0 heterocycles. The number of carbonyl (C=O) groups excluding carboxylic acids is 2. The van der Waals surface area contributed by atoms with Crippen molar-refractivity contribution in [2.45, 2.75) is 32.1 Å². The van der Waals surface area contributed by atoms with Gasteiger partial charge in [0, 0.05) is 23.6 Å². The highest BCUT2D eigenvalue weighted by Crippen LogP contribution is 2.37. The molecule has 2 aromatic carbocycles. The van der Waals surface area contributed by atoms with E-state index in [4.69, 9.17) is 34.8 Å². The Bertz CT molecular complexity index is 1240. The van der Waals surface area contributed by atoms with Gasteiger partial charge in [0.1, 0.15) is 12.6 Å². The van der Waals surface area contributed by atoms with Gasteiger partial charge in [-0.25, -0.2) is 8.42 Å². The predicted molar refractivity (Wildman–Crippen MR) is 134 cm³/mol. The van der Waals surface area contributed by atoms with Crippen molar-refractivity contribution in [3.63, 3.8) is 0 Å². The number of amides is 2. The highest BCUT2D eigenvalue weighted by atomic mass is 35.5. The van der Waals surface area contributed by atoms with E-state index in [0.717, 1.165) is 23.3 Å². The molecular formula is C22H23Cl3F3N3O4S. The van der Waals surface area contributed by atoms with Crippen LogP contribution in [-0.2, 0) is 32.3 Å². The van der Waals surface area contributed by atoms with Gasteiger partial charge in [-0.1, -0.05) is 47.8 Å². The summed E-state index contributed by atoms with van der Waals surface area (Å²) >= 11 is 17.8. The molecule has 0 unspecified atom stereocenters. The molecule has 0 aromatic heterocycles. The van der Waals surface area contributed by atoms with Gasteiger partial charge < -0.3 is 10.2 Å². The average Bonchev–Trinajstić information content (AvgIpc) is 2.77. The Morgan fingerprint density at radius 3 is 2.19 bits per heavy atom. The number of rotatable bonds is 9. The van der Waals surface area contributed by atoms with Crippen LogP contribution in [0.25, 0.3) is 0 Å². The third-order valence-corrected chi connectivity index (χ3v) is 7.27. The van der Waals surface area contributed by atoms with Crippen molar-refractivity contribution in [1.29, 1.82) is 0 Å². The largest absolute Gasteiger partial charge is 0.417 e. The average molecular weight is 589 g/mol. The fourth-order valence-corrected chi connectivity index (χ4v) is 4.95. The molecule has 0 aliphatic heterocycles. The lowest BCUT2D eigenvalue weighted by molar-refractivity contribution is -0.140. The van der Waals surface area contributed by atoms with Crippen LogP contribution < -0.4 is 9.62 Å². The SMILES string of the molecule is CC[C@@H](C(=O)NC)N(Cc1ccc(Cl)cc1Cl)C(=O)CN(c1ccc(Cl)c(C(F)(F)F)c1)S(C)(=O)=O. The van der Waals surface area contributed by atoms with Gasteiger partial charge in [-0.3, -0.25) is 13.9 Å². The molecule has 36 heavy (non-hydrogen) atoms. The monoisotopic (exact) mass is 587 g/mol. The van der Waals surface area contributed by atoms with E-state index in [9.17, 15) is 31.2 Å². The lowest BCUT2D eigenvalue weighted by Gasteiger charge is -2.33. The molecule has 0 aliphatic rings. The molecule has 0 fully saturated rings. The first kappa shape index (κ1) is 30.0. The minimum absolute atomic E-state index is 0.161. The molecule has 2 amide bonds. The topological polar surface area (TPSA) is 86.8 Å². The molecule has 1 N–H and O–H groups in total. The normalized spacial score (nSPS) is 12.7. The lowest BCUT2D eigenvalue weighted by atomic mass is 10.1. The molecule has 7 nitrogen and oxygen atoms in total. The number of hydrogen-bond donors (Lipinski definition) is 1. The van der Waals surface area contributed by atoms with E-state index in [1.807, 2.05) is 0 Å². The number of hydrogen-bond acceptors (Lipinski definition) is 4. The van der Waals surface area contributed by atoms with Gasteiger partial charge in [-0.05, 0) is 42.3 Å². The minimum atomic E-state index is -4.86. The third-order valence-electron chi connectivity index (χ3n) is 5.21. The summed E-state index contributed by atoms with van der Waals surface area (Å²) in [6.07, 6.45) is -3.95. The molecule has 0 saturated carbocycles. The van der Waals surface area contributed by atoms with Crippen LogP contribution in [0.2, 0.25) is 15.1 Å². The maximum Gasteiger partial charge on any atom is 0.417 e. The van der Waals surface area contributed by atoms with Gasteiger partial charge in [-0.15, -0.1) is 0 Å². The number of anilines is 1. The van der Waals surface area contributed by atoms with Crippen molar-refractivity contribution >= 4 is 62.3 Å². The smallest absolute Gasteiger partial charge is 0.357 e. The van der Waals surface area contributed by atoms with Crippen molar-refractivity contribution in [2.24, 2.45) is 0 Å². The summed E-state index contributed by atoms with van der Waals surface area (Å²) in [5, 5.41) is 2.37. The maximum atomic E-state index is 13.4. The van der Waals surface area contributed by atoms with Gasteiger partial charge in [0.25, 0.3) is 0 Å². The van der Waals surface area contributed by atoms with Crippen LogP contribution in [0.15, 0.2) is 36.4 Å². The molecule has 0 bridgehead atoms. The first-order valence-electron chi connectivity index (χ1n) is 10.4. The van der Waals surface area contributed by atoms with Crippen molar-refractivity contribution in [1.82, 2.24) is 10.2 Å². The molecule has 0 radical (unpaired) electrons. The molecule has 1 atom stereocenters. The summed E-state index contributed by atoms with van der Waals surface area (Å²) in [5.41, 5.74) is -1.25. The highest BCUT2D eigenvalue weighted by Gasteiger charge is 2.36. The van der Waals surface area contributed by atoms with Crippen LogP contribution in [0.3, 0.4) is 0 Å². The van der Waals surface area contributed by atoms with Crippen LogP contribution in [0.5, 0.6) is 0 Å². The Labute approximate surface area is 222 Å². The van der Waals surface area contributed by atoms with Crippen molar-refractivity contribution in [2.75, 3.05) is 24.2 Å². The number of alkyl halides is 3. The highest BCUT2D eigenvalue weighted by molar-refractivity contribution is 7.92. The number of nitrogens with zero attached hydrogens (tertiary/aromatic N) is 2. The quantitative estimate of drug-likeness (QED) is 0.448. The number of benzene rings is 2. The Balaban J connectivity index is 2.54. The first-order valence-corrected chi connectivity index (χ1v) is 13.4. The molecule has 198 valence electrons. The second-order valence-corrected chi connectivity index (χ2v) is 10.9. The zero-order chi connectivity index (χ0) is 27.4. The van der Waals surface area contributed by atoms with E-state index in [0.29, 0.717) is 21.0 Å². The predicted octanol–water partition coefficient (Wildman–Crippen LogP) is 4.99. The van der Waals surface area contributed by atoms with Crippen LogP contribution in [0, 0.1) is 0 Å². The Morgan fingerprint density at radius 2 is 1.69 bits per heavy atom. The number of likely N-dealkylation sites (N-methyl/N-ethyl adjacent to an activating group) is 1. The Hall–Kier alpha value is -2.21. The zero-order valence-electron chi connectivity index (χ0n) is 19.4. The molecule has 2 aromatic rings. The molecule has 0 aliphatic carbocycles. The molecule has 2 rings (SSSR count). The number of sulfonamides is 1. The van der Waals surface area contributed by atoms with Crippen LogP contribution in [-0.4, -0.2) is 51.0 Å². The van der Waals surface area contributed by atoms with Gasteiger partial charge in [-0.2, -0.15) is 13.2 Å². The summed E-state index contributed by atoms with van der Waals surface area (Å²) in [4.78, 5) is 27.1. The minimum Gasteiger partial charge on any atom is -0.357 e. The molecular weight excluding hydrogens is 566 g/mol. The van der Waals surface area contributed by atoms with Gasteiger partial charge in [0.2, 0.25) is 21.8 Å². The third kappa shape index (κ3) is 7.41. The van der Waals surface area contributed by atoms with E-state index >= 15 is 0 Å². The summed E-state index contributed by atoms with van der Waals surface area (Å²) in [6.45, 7) is 0.579. The first-order chi connectivity index (χ1) is 16.6.